The number of halogens is 3. The second-order valence-electron chi connectivity index (χ2n) is 5.98. The number of hydrogen-bond donors (Lipinski definition) is 1. The molecule has 9 heteroatoms. The first-order valence-electron chi connectivity index (χ1n) is 8.03. The number of hydrogen-bond acceptors (Lipinski definition) is 4. The molecule has 0 aliphatic carbocycles. The van der Waals surface area contributed by atoms with Gasteiger partial charge in [-0.15, -0.1) is 0 Å². The Morgan fingerprint density at radius 3 is 2.59 bits per heavy atom. The zero-order chi connectivity index (χ0) is 19.2. The Morgan fingerprint density at radius 2 is 1.89 bits per heavy atom. The van der Waals surface area contributed by atoms with E-state index in [9.17, 15) is 23.1 Å². The maximum absolute atomic E-state index is 13.0. The molecule has 1 aromatic carbocycles. The van der Waals surface area contributed by atoms with Gasteiger partial charge in [0.1, 0.15) is 18.9 Å². The Balaban J connectivity index is 1.90. The molecule has 1 aliphatic heterocycles. The van der Waals surface area contributed by atoms with Crippen LogP contribution in [-0.2, 0) is 17.4 Å². The second kappa shape index (κ2) is 6.19. The van der Waals surface area contributed by atoms with E-state index in [0.29, 0.717) is 30.3 Å². The van der Waals surface area contributed by atoms with Crippen LogP contribution in [0.4, 0.5) is 13.2 Å². The molecule has 0 saturated heterocycles. The van der Waals surface area contributed by atoms with Crippen molar-refractivity contribution in [2.75, 3.05) is 13.2 Å². The fourth-order valence-electron chi connectivity index (χ4n) is 3.00. The lowest BCUT2D eigenvalue weighted by molar-refractivity contribution is -0.138. The van der Waals surface area contributed by atoms with Gasteiger partial charge in [0.15, 0.2) is 11.5 Å². The summed E-state index contributed by atoms with van der Waals surface area (Å²) in [7, 11) is 0. The normalized spacial score (nSPS) is 13.7. The number of rotatable bonds is 3. The van der Waals surface area contributed by atoms with Gasteiger partial charge >= 0.3 is 12.1 Å². The van der Waals surface area contributed by atoms with Crippen LogP contribution < -0.4 is 9.47 Å². The van der Waals surface area contributed by atoms with Crippen LogP contribution in [0.1, 0.15) is 11.3 Å². The standard InChI is InChI=1S/C18H13F3N2O4/c19-18(20,21)11-2-4-15-22-17(12(8-16(24)25)23(15)9-11)10-1-3-13-14(7-10)27-6-5-26-13/h1-4,7,9H,5-6,8H2,(H,24,25). The van der Waals surface area contributed by atoms with Crippen molar-refractivity contribution >= 4 is 11.6 Å². The number of pyridine rings is 1. The molecule has 1 N–H and O–H groups in total. The quantitative estimate of drug-likeness (QED) is 0.756. The summed E-state index contributed by atoms with van der Waals surface area (Å²) < 4.78 is 51.3. The molecular weight excluding hydrogens is 365 g/mol. The topological polar surface area (TPSA) is 73.1 Å². The Hall–Kier alpha value is -3.23. The molecular formula is C18H13F3N2O4. The molecule has 0 radical (unpaired) electrons. The van der Waals surface area contributed by atoms with Crippen LogP contribution in [-0.4, -0.2) is 33.7 Å². The monoisotopic (exact) mass is 378 g/mol. The molecule has 4 rings (SSSR count). The van der Waals surface area contributed by atoms with Gasteiger partial charge < -0.3 is 19.0 Å². The summed E-state index contributed by atoms with van der Waals surface area (Å²) in [5, 5.41) is 9.23. The lowest BCUT2D eigenvalue weighted by Crippen LogP contribution is -2.15. The molecule has 0 unspecified atom stereocenters. The molecule has 0 spiro atoms. The average Bonchev–Trinajstić information content (AvgIpc) is 2.98. The van der Waals surface area contributed by atoms with Gasteiger partial charge in [0.05, 0.1) is 23.4 Å². The van der Waals surface area contributed by atoms with Crippen LogP contribution in [0.2, 0.25) is 0 Å². The van der Waals surface area contributed by atoms with Crippen molar-refractivity contribution in [3.63, 3.8) is 0 Å². The minimum absolute atomic E-state index is 0.153. The lowest BCUT2D eigenvalue weighted by atomic mass is 10.1. The molecule has 140 valence electrons. The molecule has 3 heterocycles. The van der Waals surface area contributed by atoms with Gasteiger partial charge in [-0.25, -0.2) is 4.98 Å². The Kier molecular flexibility index (Phi) is 3.94. The van der Waals surface area contributed by atoms with Crippen LogP contribution in [0, 0.1) is 0 Å². The van der Waals surface area contributed by atoms with E-state index in [1.165, 1.54) is 10.5 Å². The number of aromatic nitrogens is 2. The number of benzene rings is 1. The zero-order valence-corrected chi connectivity index (χ0v) is 13.8. The maximum atomic E-state index is 13.0. The molecule has 0 amide bonds. The summed E-state index contributed by atoms with van der Waals surface area (Å²) >= 11 is 0. The predicted octanol–water partition coefficient (Wildman–Crippen LogP) is 3.42. The molecule has 1 aliphatic rings. The minimum atomic E-state index is -4.55. The van der Waals surface area contributed by atoms with E-state index in [-0.39, 0.29) is 17.0 Å². The van der Waals surface area contributed by atoms with Gasteiger partial charge in [0.25, 0.3) is 0 Å². The van der Waals surface area contributed by atoms with Crippen LogP contribution in [0.3, 0.4) is 0 Å². The third-order valence-corrected chi connectivity index (χ3v) is 4.18. The third-order valence-electron chi connectivity index (χ3n) is 4.18. The zero-order valence-electron chi connectivity index (χ0n) is 13.8. The summed E-state index contributed by atoms with van der Waals surface area (Å²) in [4.78, 5) is 15.6. The summed E-state index contributed by atoms with van der Waals surface area (Å²) in [5.41, 5.74) is 0.318. The van der Waals surface area contributed by atoms with Crippen LogP contribution in [0.25, 0.3) is 16.9 Å². The van der Waals surface area contributed by atoms with E-state index in [4.69, 9.17) is 9.47 Å². The Bertz CT molecular complexity index is 1040. The highest BCUT2D eigenvalue weighted by Crippen LogP contribution is 2.36. The number of imidazole rings is 1. The average molecular weight is 378 g/mol. The molecule has 0 atom stereocenters. The van der Waals surface area contributed by atoms with Gasteiger partial charge in [-0.05, 0) is 30.3 Å². The van der Waals surface area contributed by atoms with E-state index in [1.807, 2.05) is 0 Å². The fourth-order valence-corrected chi connectivity index (χ4v) is 3.00. The molecule has 6 nitrogen and oxygen atoms in total. The van der Waals surface area contributed by atoms with Gasteiger partial charge in [-0.1, -0.05) is 0 Å². The van der Waals surface area contributed by atoms with Gasteiger partial charge in [0.2, 0.25) is 0 Å². The Morgan fingerprint density at radius 1 is 1.15 bits per heavy atom. The van der Waals surface area contributed by atoms with Crippen LogP contribution in [0.15, 0.2) is 36.5 Å². The lowest BCUT2D eigenvalue weighted by Gasteiger charge is -2.18. The van der Waals surface area contributed by atoms with Crippen molar-refractivity contribution in [2.24, 2.45) is 0 Å². The summed E-state index contributed by atoms with van der Waals surface area (Å²) in [5.74, 6) is -0.144. The predicted molar refractivity (Wildman–Crippen MR) is 88.0 cm³/mol. The Labute approximate surface area is 150 Å². The minimum Gasteiger partial charge on any atom is -0.486 e. The molecule has 0 saturated carbocycles. The number of nitrogens with zero attached hydrogens (tertiary/aromatic N) is 2. The number of carbonyl (C=O) groups is 1. The number of ether oxygens (including phenoxy) is 2. The van der Waals surface area contributed by atoms with Crippen molar-refractivity contribution < 1.29 is 32.5 Å². The first-order valence-corrected chi connectivity index (χ1v) is 8.03. The molecule has 27 heavy (non-hydrogen) atoms. The highest BCUT2D eigenvalue weighted by Gasteiger charge is 2.31. The SMILES string of the molecule is O=C(O)Cc1c(-c2ccc3c(c2)OCCO3)nc2ccc(C(F)(F)F)cn12. The molecule has 0 bridgehead atoms. The third kappa shape index (κ3) is 3.16. The van der Waals surface area contributed by atoms with Gasteiger partial charge in [0, 0.05) is 11.8 Å². The van der Waals surface area contributed by atoms with E-state index in [1.54, 1.807) is 18.2 Å². The van der Waals surface area contributed by atoms with Crippen molar-refractivity contribution in [3.05, 3.63) is 47.8 Å². The second-order valence-corrected chi connectivity index (χ2v) is 5.98. The number of aliphatic carboxylic acids is 1. The van der Waals surface area contributed by atoms with E-state index >= 15 is 0 Å². The highest BCUT2D eigenvalue weighted by atomic mass is 19.4. The highest BCUT2D eigenvalue weighted by molar-refractivity contribution is 5.77. The number of carboxylic acid groups (broad SMARTS) is 1. The van der Waals surface area contributed by atoms with Crippen molar-refractivity contribution in [2.45, 2.75) is 12.6 Å². The number of fused-ring (bicyclic) bond motifs is 2. The summed E-state index contributed by atoms with van der Waals surface area (Å²) in [6.07, 6.45) is -4.16. The molecule has 0 fully saturated rings. The molecule has 2 aromatic heterocycles. The summed E-state index contributed by atoms with van der Waals surface area (Å²) in [6, 6.07) is 7.12. The maximum Gasteiger partial charge on any atom is 0.417 e. The first kappa shape index (κ1) is 17.2. The van der Waals surface area contributed by atoms with E-state index < -0.39 is 24.1 Å². The van der Waals surface area contributed by atoms with Gasteiger partial charge in [-0.3, -0.25) is 4.79 Å². The number of alkyl halides is 3. The fraction of sp³-hybridized carbons (Fsp3) is 0.222. The summed E-state index contributed by atoms with van der Waals surface area (Å²) in [6.45, 7) is 0.795. The van der Waals surface area contributed by atoms with E-state index in [0.717, 1.165) is 12.3 Å². The molecule has 3 aromatic rings. The largest absolute Gasteiger partial charge is 0.486 e. The van der Waals surface area contributed by atoms with Crippen LogP contribution in [0.5, 0.6) is 11.5 Å². The van der Waals surface area contributed by atoms with Gasteiger partial charge in [-0.2, -0.15) is 13.2 Å². The number of carboxylic acids is 1. The first-order chi connectivity index (χ1) is 12.8. The van der Waals surface area contributed by atoms with E-state index in [2.05, 4.69) is 4.98 Å². The smallest absolute Gasteiger partial charge is 0.417 e. The van der Waals surface area contributed by atoms with Crippen LogP contribution >= 0.6 is 0 Å². The van der Waals surface area contributed by atoms with Crippen molar-refractivity contribution in [1.82, 2.24) is 9.38 Å². The van der Waals surface area contributed by atoms with Crippen molar-refractivity contribution in [3.8, 4) is 22.8 Å². The van der Waals surface area contributed by atoms with Crippen molar-refractivity contribution in [1.29, 1.82) is 0 Å².